The minimum absolute atomic E-state index is 0.0987. The van der Waals surface area contributed by atoms with Crippen LogP contribution < -0.4 is 15.5 Å². The van der Waals surface area contributed by atoms with Crippen LogP contribution in [0, 0.1) is 18.7 Å². The minimum atomic E-state index is -0.468. The number of hydrogen-bond donors (Lipinski definition) is 2. The van der Waals surface area contributed by atoms with Crippen molar-refractivity contribution in [3.8, 4) is 0 Å². The molecule has 2 N–H and O–H groups in total. The van der Waals surface area contributed by atoms with Gasteiger partial charge in [0.05, 0.1) is 5.92 Å². The number of nitrogens with one attached hydrogen (secondary N) is 2. The van der Waals surface area contributed by atoms with Gasteiger partial charge in [0.1, 0.15) is 5.82 Å². The molecule has 7 heteroatoms. The summed E-state index contributed by atoms with van der Waals surface area (Å²) in [6.07, 6.45) is 0.0987. The third-order valence-corrected chi connectivity index (χ3v) is 3.76. The summed E-state index contributed by atoms with van der Waals surface area (Å²) in [7, 11) is 0. The molecule has 0 aliphatic carbocycles. The number of amides is 3. The zero-order chi connectivity index (χ0) is 17.0. The maximum absolute atomic E-state index is 13.6. The summed E-state index contributed by atoms with van der Waals surface area (Å²) in [4.78, 5) is 36.3. The molecular weight excluding hydrogens is 301 g/mol. The van der Waals surface area contributed by atoms with E-state index in [1.807, 2.05) is 0 Å². The number of aryl methyl sites for hydroxylation is 1. The first-order valence-electron chi connectivity index (χ1n) is 7.47. The maximum atomic E-state index is 13.6. The summed E-state index contributed by atoms with van der Waals surface area (Å²) >= 11 is 0. The Hall–Kier alpha value is -2.44. The Bertz CT molecular complexity index is 633. The van der Waals surface area contributed by atoms with Crippen molar-refractivity contribution in [3.05, 3.63) is 29.6 Å². The Kier molecular flexibility index (Phi) is 5.31. The molecule has 23 heavy (non-hydrogen) atoms. The molecule has 1 atom stereocenters. The third-order valence-electron chi connectivity index (χ3n) is 3.76. The molecule has 0 bridgehead atoms. The van der Waals surface area contributed by atoms with Crippen LogP contribution in [-0.2, 0) is 14.4 Å². The van der Waals surface area contributed by atoms with E-state index in [1.54, 1.807) is 19.1 Å². The van der Waals surface area contributed by atoms with Gasteiger partial charge in [-0.25, -0.2) is 4.39 Å². The van der Waals surface area contributed by atoms with Crippen molar-refractivity contribution in [1.29, 1.82) is 0 Å². The fourth-order valence-electron chi connectivity index (χ4n) is 2.45. The molecular formula is C16H20FN3O3. The molecule has 0 aromatic heterocycles. The first-order valence-corrected chi connectivity index (χ1v) is 7.47. The van der Waals surface area contributed by atoms with Gasteiger partial charge in [0.25, 0.3) is 0 Å². The van der Waals surface area contributed by atoms with Crippen LogP contribution >= 0.6 is 0 Å². The van der Waals surface area contributed by atoms with Crippen LogP contribution in [-0.4, -0.2) is 37.4 Å². The van der Waals surface area contributed by atoms with Gasteiger partial charge in [0.2, 0.25) is 17.7 Å². The van der Waals surface area contributed by atoms with E-state index in [0.717, 1.165) is 0 Å². The van der Waals surface area contributed by atoms with Crippen molar-refractivity contribution in [1.82, 2.24) is 10.6 Å². The molecule has 6 nitrogen and oxygen atoms in total. The van der Waals surface area contributed by atoms with Crippen molar-refractivity contribution in [2.75, 3.05) is 24.5 Å². The van der Waals surface area contributed by atoms with Gasteiger partial charge < -0.3 is 15.5 Å². The van der Waals surface area contributed by atoms with Crippen molar-refractivity contribution in [2.24, 2.45) is 5.92 Å². The number of hydrogen-bond acceptors (Lipinski definition) is 3. The smallest absolute Gasteiger partial charge is 0.227 e. The van der Waals surface area contributed by atoms with E-state index >= 15 is 0 Å². The summed E-state index contributed by atoms with van der Waals surface area (Å²) < 4.78 is 13.6. The molecule has 0 unspecified atom stereocenters. The second kappa shape index (κ2) is 7.21. The van der Waals surface area contributed by atoms with Gasteiger partial charge in [-0.1, -0.05) is 6.07 Å². The monoisotopic (exact) mass is 321 g/mol. The standard InChI is InChI=1S/C16H20FN3O3/c1-10-3-4-13(8-14(10)17)20-9-12(7-15(20)22)16(23)19-6-5-18-11(2)21/h3-4,8,12H,5-7,9H2,1-2H3,(H,18,21)(H,19,23)/t12-/m0/s1. The normalized spacial score (nSPS) is 17.3. The average Bonchev–Trinajstić information content (AvgIpc) is 2.88. The Morgan fingerprint density at radius 1 is 1.30 bits per heavy atom. The number of halogens is 1. The van der Waals surface area contributed by atoms with Crippen LogP contribution in [0.2, 0.25) is 0 Å². The van der Waals surface area contributed by atoms with Gasteiger partial charge in [-0.05, 0) is 24.6 Å². The quantitative estimate of drug-likeness (QED) is 0.785. The van der Waals surface area contributed by atoms with Gasteiger partial charge >= 0.3 is 0 Å². The lowest BCUT2D eigenvalue weighted by Crippen LogP contribution is -2.37. The number of carbonyl (C=O) groups is 3. The van der Waals surface area contributed by atoms with E-state index in [-0.39, 0.29) is 36.5 Å². The zero-order valence-electron chi connectivity index (χ0n) is 13.2. The van der Waals surface area contributed by atoms with E-state index in [0.29, 0.717) is 24.3 Å². The van der Waals surface area contributed by atoms with E-state index in [1.165, 1.54) is 17.9 Å². The Balaban J connectivity index is 1.92. The molecule has 2 rings (SSSR count). The molecule has 1 fully saturated rings. The number of rotatable bonds is 5. The molecule has 124 valence electrons. The minimum Gasteiger partial charge on any atom is -0.355 e. The summed E-state index contributed by atoms with van der Waals surface area (Å²) in [5, 5.41) is 5.26. The third kappa shape index (κ3) is 4.28. The van der Waals surface area contributed by atoms with E-state index < -0.39 is 5.92 Å². The summed E-state index contributed by atoms with van der Waals surface area (Å²) in [5.74, 6) is -1.44. The largest absolute Gasteiger partial charge is 0.355 e. The lowest BCUT2D eigenvalue weighted by atomic mass is 10.1. The predicted octanol–water partition coefficient (Wildman–Crippen LogP) is 0.739. The van der Waals surface area contributed by atoms with Gasteiger partial charge in [-0.3, -0.25) is 14.4 Å². The molecule has 1 aliphatic rings. The molecule has 0 saturated carbocycles. The van der Waals surface area contributed by atoms with Gasteiger partial charge in [-0.2, -0.15) is 0 Å². The highest BCUT2D eigenvalue weighted by atomic mass is 19.1. The fourth-order valence-corrected chi connectivity index (χ4v) is 2.45. The van der Waals surface area contributed by atoms with Crippen molar-refractivity contribution in [2.45, 2.75) is 20.3 Å². The van der Waals surface area contributed by atoms with E-state index in [4.69, 9.17) is 0 Å². The highest BCUT2D eigenvalue weighted by Crippen LogP contribution is 2.26. The average molecular weight is 321 g/mol. The summed E-state index contributed by atoms with van der Waals surface area (Å²) in [5.41, 5.74) is 0.972. The highest BCUT2D eigenvalue weighted by molar-refractivity contribution is 6.00. The molecule has 1 aromatic rings. The van der Waals surface area contributed by atoms with Crippen molar-refractivity contribution >= 4 is 23.4 Å². The number of nitrogens with zero attached hydrogens (tertiary/aromatic N) is 1. The van der Waals surface area contributed by atoms with Crippen LogP contribution in [0.5, 0.6) is 0 Å². The first kappa shape index (κ1) is 16.9. The summed E-state index contributed by atoms with van der Waals surface area (Å²) in [6, 6.07) is 4.59. The lowest BCUT2D eigenvalue weighted by molar-refractivity contribution is -0.126. The van der Waals surface area contributed by atoms with Crippen LogP contribution in [0.15, 0.2) is 18.2 Å². The lowest BCUT2D eigenvalue weighted by Gasteiger charge is -2.17. The van der Waals surface area contributed by atoms with Crippen molar-refractivity contribution in [3.63, 3.8) is 0 Å². The van der Waals surface area contributed by atoms with Crippen LogP contribution in [0.1, 0.15) is 18.9 Å². The molecule has 3 amide bonds. The van der Waals surface area contributed by atoms with E-state index in [2.05, 4.69) is 10.6 Å². The molecule has 1 aliphatic heterocycles. The number of benzene rings is 1. The molecule has 0 spiro atoms. The second-order valence-electron chi connectivity index (χ2n) is 5.61. The van der Waals surface area contributed by atoms with Crippen LogP contribution in [0.3, 0.4) is 0 Å². The van der Waals surface area contributed by atoms with Gasteiger partial charge in [0, 0.05) is 38.7 Å². The Labute approximate surface area is 134 Å². The van der Waals surface area contributed by atoms with Crippen LogP contribution in [0.4, 0.5) is 10.1 Å². The Morgan fingerprint density at radius 2 is 2.00 bits per heavy atom. The zero-order valence-corrected chi connectivity index (χ0v) is 13.2. The van der Waals surface area contributed by atoms with Crippen LogP contribution in [0.25, 0.3) is 0 Å². The molecule has 1 saturated heterocycles. The molecule has 1 aromatic carbocycles. The molecule has 0 radical (unpaired) electrons. The fraction of sp³-hybridized carbons (Fsp3) is 0.438. The SMILES string of the molecule is CC(=O)NCCNC(=O)[C@H]1CC(=O)N(c2ccc(C)c(F)c2)C1. The first-order chi connectivity index (χ1) is 10.9. The number of anilines is 1. The van der Waals surface area contributed by atoms with Gasteiger partial charge in [0.15, 0.2) is 0 Å². The summed E-state index contributed by atoms with van der Waals surface area (Å²) in [6.45, 7) is 3.93. The topological polar surface area (TPSA) is 78.5 Å². The maximum Gasteiger partial charge on any atom is 0.227 e. The van der Waals surface area contributed by atoms with Crippen molar-refractivity contribution < 1.29 is 18.8 Å². The van der Waals surface area contributed by atoms with E-state index in [9.17, 15) is 18.8 Å². The second-order valence-corrected chi connectivity index (χ2v) is 5.61. The molecule has 1 heterocycles. The number of carbonyl (C=O) groups excluding carboxylic acids is 3. The Morgan fingerprint density at radius 3 is 2.65 bits per heavy atom. The highest BCUT2D eigenvalue weighted by Gasteiger charge is 2.35. The predicted molar refractivity (Wildman–Crippen MR) is 83.3 cm³/mol. The van der Waals surface area contributed by atoms with Gasteiger partial charge in [-0.15, -0.1) is 0 Å².